The number of nitrogens with zero attached hydrogens (tertiary/aromatic N) is 2. The van der Waals surface area contributed by atoms with Gasteiger partial charge in [0.2, 0.25) is 0 Å². The summed E-state index contributed by atoms with van der Waals surface area (Å²) < 4.78 is 1.63. The van der Waals surface area contributed by atoms with Crippen LogP contribution in [0.15, 0.2) is 36.5 Å². The van der Waals surface area contributed by atoms with Gasteiger partial charge in [0.25, 0.3) is 0 Å². The van der Waals surface area contributed by atoms with Crippen LogP contribution in [-0.4, -0.2) is 20.6 Å². The van der Waals surface area contributed by atoms with Gasteiger partial charge < -0.3 is 9.67 Å². The van der Waals surface area contributed by atoms with E-state index in [1.165, 1.54) is 11.8 Å². The second kappa shape index (κ2) is 4.82. The summed E-state index contributed by atoms with van der Waals surface area (Å²) in [6, 6.07) is 10.1. The van der Waals surface area contributed by atoms with Gasteiger partial charge in [-0.15, -0.1) is 0 Å². The Balaban J connectivity index is 2.07. The lowest BCUT2D eigenvalue weighted by Crippen LogP contribution is -2.07. The Labute approximate surface area is 99.5 Å². The van der Waals surface area contributed by atoms with Crippen LogP contribution in [0, 0.1) is 0 Å². The zero-order valence-corrected chi connectivity index (χ0v) is 9.63. The molecule has 0 radical (unpaired) electrons. The molecule has 1 aromatic carbocycles. The molecule has 88 valence electrons. The Bertz CT molecular complexity index is 517. The van der Waals surface area contributed by atoms with Crippen LogP contribution < -0.4 is 0 Å². The molecule has 0 unspecified atom stereocenters. The predicted octanol–water partition coefficient (Wildman–Crippen LogP) is 1.90. The van der Waals surface area contributed by atoms with Gasteiger partial charge in [0.1, 0.15) is 11.5 Å². The van der Waals surface area contributed by atoms with E-state index in [4.69, 9.17) is 5.11 Å². The monoisotopic (exact) mass is 230 g/mol. The average Bonchev–Trinajstić information content (AvgIpc) is 2.69. The molecule has 0 bridgehead atoms. The van der Waals surface area contributed by atoms with Crippen LogP contribution in [0.3, 0.4) is 0 Å². The minimum Gasteiger partial charge on any atom is -0.477 e. The van der Waals surface area contributed by atoms with Gasteiger partial charge >= 0.3 is 5.97 Å². The molecular weight excluding hydrogens is 216 g/mol. The van der Waals surface area contributed by atoms with Crippen molar-refractivity contribution in [3.8, 4) is 0 Å². The number of carboxylic acid groups (broad SMARTS) is 1. The van der Waals surface area contributed by atoms with E-state index in [-0.39, 0.29) is 5.69 Å². The molecule has 0 spiro atoms. The highest BCUT2D eigenvalue weighted by Gasteiger charge is 2.11. The van der Waals surface area contributed by atoms with Crippen molar-refractivity contribution in [1.29, 1.82) is 0 Å². The molecular formula is C13H14N2O2. The van der Waals surface area contributed by atoms with Crippen LogP contribution in [-0.2, 0) is 19.9 Å². The van der Waals surface area contributed by atoms with Gasteiger partial charge in [-0.25, -0.2) is 9.78 Å². The predicted molar refractivity (Wildman–Crippen MR) is 64.0 cm³/mol. The van der Waals surface area contributed by atoms with E-state index in [0.717, 1.165) is 18.7 Å². The maximum Gasteiger partial charge on any atom is 0.354 e. The van der Waals surface area contributed by atoms with Crippen LogP contribution in [0.5, 0.6) is 0 Å². The zero-order chi connectivity index (χ0) is 12.3. The Morgan fingerprint density at radius 1 is 1.29 bits per heavy atom. The fourth-order valence-electron chi connectivity index (χ4n) is 1.78. The van der Waals surface area contributed by atoms with Crippen LogP contribution in [0.25, 0.3) is 0 Å². The van der Waals surface area contributed by atoms with Crippen molar-refractivity contribution in [2.75, 3.05) is 0 Å². The average molecular weight is 230 g/mol. The SMILES string of the molecule is Cn1c(C(=O)O)cnc1CCc1ccccc1. The van der Waals surface area contributed by atoms with E-state index in [0.29, 0.717) is 0 Å². The van der Waals surface area contributed by atoms with Crippen molar-refractivity contribution in [3.63, 3.8) is 0 Å². The highest BCUT2D eigenvalue weighted by molar-refractivity contribution is 5.85. The molecule has 0 saturated carbocycles. The Kier molecular flexibility index (Phi) is 3.23. The third-order valence-corrected chi connectivity index (χ3v) is 2.78. The lowest BCUT2D eigenvalue weighted by Gasteiger charge is -2.03. The topological polar surface area (TPSA) is 55.1 Å². The summed E-state index contributed by atoms with van der Waals surface area (Å²) in [5, 5.41) is 8.90. The number of carboxylic acids is 1. The van der Waals surface area contributed by atoms with E-state index in [1.807, 2.05) is 18.2 Å². The number of hydrogen-bond acceptors (Lipinski definition) is 2. The molecule has 1 aromatic heterocycles. The van der Waals surface area contributed by atoms with Crippen LogP contribution in [0.2, 0.25) is 0 Å². The maximum atomic E-state index is 10.8. The minimum atomic E-state index is -0.939. The van der Waals surface area contributed by atoms with Gasteiger partial charge in [-0.1, -0.05) is 30.3 Å². The normalized spacial score (nSPS) is 10.4. The number of carbonyl (C=O) groups is 1. The molecule has 0 amide bonds. The van der Waals surface area contributed by atoms with E-state index in [9.17, 15) is 4.79 Å². The lowest BCUT2D eigenvalue weighted by atomic mass is 10.1. The third-order valence-electron chi connectivity index (χ3n) is 2.78. The first-order valence-corrected chi connectivity index (χ1v) is 5.46. The van der Waals surface area contributed by atoms with Gasteiger partial charge in [-0.3, -0.25) is 0 Å². The Morgan fingerprint density at radius 2 is 2.00 bits per heavy atom. The summed E-state index contributed by atoms with van der Waals surface area (Å²) >= 11 is 0. The van der Waals surface area contributed by atoms with Crippen LogP contribution in [0.4, 0.5) is 0 Å². The van der Waals surface area contributed by atoms with Crippen molar-refractivity contribution in [2.45, 2.75) is 12.8 Å². The van der Waals surface area contributed by atoms with Crippen molar-refractivity contribution in [2.24, 2.45) is 7.05 Å². The van der Waals surface area contributed by atoms with E-state index in [2.05, 4.69) is 17.1 Å². The second-order valence-electron chi connectivity index (χ2n) is 3.91. The standard InChI is InChI=1S/C13H14N2O2/c1-15-11(13(16)17)9-14-12(15)8-7-10-5-3-2-4-6-10/h2-6,9H,7-8H2,1H3,(H,16,17). The third kappa shape index (κ3) is 2.53. The second-order valence-corrected chi connectivity index (χ2v) is 3.91. The summed E-state index contributed by atoms with van der Waals surface area (Å²) in [6.45, 7) is 0. The molecule has 1 N–H and O–H groups in total. The fourth-order valence-corrected chi connectivity index (χ4v) is 1.78. The first-order valence-electron chi connectivity index (χ1n) is 5.46. The van der Waals surface area contributed by atoms with Gasteiger partial charge in [0.05, 0.1) is 6.20 Å². The minimum absolute atomic E-state index is 0.230. The van der Waals surface area contributed by atoms with Gasteiger partial charge in [0.15, 0.2) is 0 Å². The number of aryl methyl sites for hydroxylation is 2. The summed E-state index contributed by atoms with van der Waals surface area (Å²) in [5.74, 6) is -0.141. The van der Waals surface area contributed by atoms with Crippen molar-refractivity contribution in [3.05, 3.63) is 53.6 Å². The van der Waals surface area contributed by atoms with Gasteiger partial charge in [-0.2, -0.15) is 0 Å². The highest BCUT2D eigenvalue weighted by atomic mass is 16.4. The summed E-state index contributed by atoms with van der Waals surface area (Å²) in [7, 11) is 1.73. The molecule has 2 rings (SSSR count). The summed E-state index contributed by atoms with van der Waals surface area (Å²) in [6.07, 6.45) is 3.02. The number of rotatable bonds is 4. The molecule has 2 aromatic rings. The summed E-state index contributed by atoms with van der Waals surface area (Å²) in [4.78, 5) is 15.0. The maximum absolute atomic E-state index is 10.8. The molecule has 0 aliphatic carbocycles. The quantitative estimate of drug-likeness (QED) is 0.872. The lowest BCUT2D eigenvalue weighted by molar-refractivity contribution is 0.0686. The van der Waals surface area contributed by atoms with Gasteiger partial charge in [0, 0.05) is 13.5 Å². The molecule has 0 fully saturated rings. The molecule has 0 saturated heterocycles. The number of benzene rings is 1. The summed E-state index contributed by atoms with van der Waals surface area (Å²) in [5.41, 5.74) is 1.46. The van der Waals surface area contributed by atoms with E-state index < -0.39 is 5.97 Å². The van der Waals surface area contributed by atoms with E-state index in [1.54, 1.807) is 11.6 Å². The molecule has 17 heavy (non-hydrogen) atoms. The van der Waals surface area contributed by atoms with Crippen molar-refractivity contribution in [1.82, 2.24) is 9.55 Å². The Morgan fingerprint density at radius 3 is 2.59 bits per heavy atom. The smallest absolute Gasteiger partial charge is 0.354 e. The first kappa shape index (κ1) is 11.4. The van der Waals surface area contributed by atoms with Gasteiger partial charge in [-0.05, 0) is 12.0 Å². The molecule has 0 aliphatic heterocycles. The number of aromatic carboxylic acids is 1. The first-order chi connectivity index (χ1) is 8.18. The number of hydrogen-bond donors (Lipinski definition) is 1. The zero-order valence-electron chi connectivity index (χ0n) is 9.63. The molecule has 1 heterocycles. The molecule has 4 nitrogen and oxygen atoms in total. The highest BCUT2D eigenvalue weighted by Crippen LogP contribution is 2.08. The van der Waals surface area contributed by atoms with Crippen molar-refractivity contribution < 1.29 is 9.90 Å². The molecule has 0 atom stereocenters. The largest absolute Gasteiger partial charge is 0.477 e. The number of imidazole rings is 1. The Hall–Kier alpha value is -2.10. The fraction of sp³-hybridized carbons (Fsp3) is 0.231. The van der Waals surface area contributed by atoms with Crippen molar-refractivity contribution >= 4 is 5.97 Å². The van der Waals surface area contributed by atoms with Crippen LogP contribution >= 0.6 is 0 Å². The van der Waals surface area contributed by atoms with Crippen LogP contribution in [0.1, 0.15) is 21.9 Å². The molecule has 0 aliphatic rings. The molecule has 4 heteroatoms. The van der Waals surface area contributed by atoms with E-state index >= 15 is 0 Å². The number of aromatic nitrogens is 2.